The molecule has 5 nitrogen and oxygen atoms in total. The number of aliphatic carboxylic acids is 1. The number of carbonyl (C=O) groups is 2. The number of hydrogen-bond donors (Lipinski definition) is 3. The number of urea groups is 1. The van der Waals surface area contributed by atoms with Crippen LogP contribution in [0.5, 0.6) is 0 Å². The van der Waals surface area contributed by atoms with Crippen molar-refractivity contribution in [1.82, 2.24) is 10.6 Å². The first-order valence-corrected chi connectivity index (χ1v) is 7.61. The third-order valence-electron chi connectivity index (χ3n) is 2.56. The van der Waals surface area contributed by atoms with Crippen LogP contribution in [0.3, 0.4) is 0 Å². The maximum absolute atomic E-state index is 11.3. The number of unbranched alkanes of at least 4 members (excludes halogenated alkanes) is 3. The zero-order chi connectivity index (χ0) is 13.8. The van der Waals surface area contributed by atoms with Crippen molar-refractivity contribution in [3.05, 3.63) is 0 Å². The van der Waals surface area contributed by atoms with Gasteiger partial charge in [-0.3, -0.25) is 4.79 Å². The summed E-state index contributed by atoms with van der Waals surface area (Å²) in [4.78, 5) is 21.6. The van der Waals surface area contributed by atoms with Gasteiger partial charge in [-0.2, -0.15) is 11.8 Å². The summed E-state index contributed by atoms with van der Waals surface area (Å²) < 4.78 is 0. The molecule has 18 heavy (non-hydrogen) atoms. The van der Waals surface area contributed by atoms with Gasteiger partial charge < -0.3 is 15.7 Å². The average molecular weight is 276 g/mol. The third-order valence-corrected chi connectivity index (χ3v) is 3.53. The van der Waals surface area contributed by atoms with Gasteiger partial charge in [-0.25, -0.2) is 4.79 Å². The molecule has 0 aromatic rings. The first kappa shape index (κ1) is 17.1. The van der Waals surface area contributed by atoms with Crippen LogP contribution in [0.1, 0.15) is 39.0 Å². The SMILES string of the molecule is CSC(C)CNC(=O)NCCCCCCC(=O)O. The molecule has 0 radical (unpaired) electrons. The standard InChI is InChI=1S/C12H24N2O3S/c1-10(18-2)9-14-12(17)13-8-6-4-3-5-7-11(15)16/h10H,3-9H2,1-2H3,(H,15,16)(H2,13,14,17). The highest BCUT2D eigenvalue weighted by atomic mass is 32.2. The van der Waals surface area contributed by atoms with Crippen LogP contribution >= 0.6 is 11.8 Å². The fourth-order valence-corrected chi connectivity index (χ4v) is 1.59. The highest BCUT2D eigenvalue weighted by molar-refractivity contribution is 7.99. The van der Waals surface area contributed by atoms with Crippen LogP contribution < -0.4 is 10.6 Å². The van der Waals surface area contributed by atoms with Crippen LogP contribution in [0.2, 0.25) is 0 Å². The van der Waals surface area contributed by atoms with Crippen LogP contribution in [0.25, 0.3) is 0 Å². The van der Waals surface area contributed by atoms with E-state index in [-0.39, 0.29) is 12.5 Å². The second kappa shape index (κ2) is 11.2. The number of carboxylic acids is 1. The van der Waals surface area contributed by atoms with Crippen molar-refractivity contribution >= 4 is 23.8 Å². The molecule has 1 unspecified atom stereocenters. The summed E-state index contributed by atoms with van der Waals surface area (Å²) in [6.45, 7) is 3.38. The Bertz CT molecular complexity index is 249. The van der Waals surface area contributed by atoms with Gasteiger partial charge in [0.25, 0.3) is 0 Å². The number of rotatable bonds is 10. The lowest BCUT2D eigenvalue weighted by molar-refractivity contribution is -0.137. The monoisotopic (exact) mass is 276 g/mol. The molecule has 0 aliphatic carbocycles. The Morgan fingerprint density at radius 1 is 1.17 bits per heavy atom. The zero-order valence-electron chi connectivity index (χ0n) is 11.2. The van der Waals surface area contributed by atoms with Gasteiger partial charge in [0.1, 0.15) is 0 Å². The van der Waals surface area contributed by atoms with Gasteiger partial charge in [0, 0.05) is 24.8 Å². The van der Waals surface area contributed by atoms with E-state index < -0.39 is 5.97 Å². The largest absolute Gasteiger partial charge is 0.481 e. The molecular weight excluding hydrogens is 252 g/mol. The normalized spacial score (nSPS) is 11.9. The van der Waals surface area contributed by atoms with Crippen molar-refractivity contribution in [3.63, 3.8) is 0 Å². The van der Waals surface area contributed by atoms with E-state index in [1.54, 1.807) is 11.8 Å². The minimum atomic E-state index is -0.740. The van der Waals surface area contributed by atoms with Crippen molar-refractivity contribution in [2.24, 2.45) is 0 Å². The molecule has 0 saturated heterocycles. The van der Waals surface area contributed by atoms with Gasteiger partial charge >= 0.3 is 12.0 Å². The summed E-state index contributed by atoms with van der Waals surface area (Å²) in [5, 5.41) is 14.5. The zero-order valence-corrected chi connectivity index (χ0v) is 12.0. The molecule has 0 aromatic heterocycles. The Labute approximate surface area is 113 Å². The summed E-state index contributed by atoms with van der Waals surface area (Å²) in [7, 11) is 0. The topological polar surface area (TPSA) is 78.4 Å². The quantitative estimate of drug-likeness (QED) is 0.534. The van der Waals surface area contributed by atoms with E-state index in [9.17, 15) is 9.59 Å². The van der Waals surface area contributed by atoms with Crippen molar-refractivity contribution in [3.8, 4) is 0 Å². The predicted molar refractivity (Wildman–Crippen MR) is 75.1 cm³/mol. The summed E-state index contributed by atoms with van der Waals surface area (Å²) in [5.74, 6) is -0.740. The van der Waals surface area contributed by atoms with Crippen LogP contribution in [0.4, 0.5) is 4.79 Å². The predicted octanol–water partition coefficient (Wildman–Crippen LogP) is 2.07. The Balaban J connectivity index is 3.27. The fourth-order valence-electron chi connectivity index (χ4n) is 1.34. The molecule has 0 saturated carbocycles. The molecule has 2 amide bonds. The number of carbonyl (C=O) groups excluding carboxylic acids is 1. The number of carboxylic acid groups (broad SMARTS) is 1. The molecule has 3 N–H and O–H groups in total. The maximum Gasteiger partial charge on any atom is 0.314 e. The van der Waals surface area contributed by atoms with Gasteiger partial charge in [-0.05, 0) is 19.1 Å². The molecule has 0 aromatic carbocycles. The first-order chi connectivity index (χ1) is 8.56. The van der Waals surface area contributed by atoms with Crippen molar-refractivity contribution in [2.45, 2.75) is 44.3 Å². The summed E-state index contributed by atoms with van der Waals surface area (Å²) in [5.41, 5.74) is 0. The summed E-state index contributed by atoms with van der Waals surface area (Å²) >= 11 is 1.72. The fraction of sp³-hybridized carbons (Fsp3) is 0.833. The lowest BCUT2D eigenvalue weighted by atomic mass is 10.1. The molecule has 0 spiro atoms. The van der Waals surface area contributed by atoms with E-state index in [4.69, 9.17) is 5.11 Å². The molecule has 0 rings (SSSR count). The lowest BCUT2D eigenvalue weighted by Gasteiger charge is -2.10. The highest BCUT2D eigenvalue weighted by Crippen LogP contribution is 2.03. The van der Waals surface area contributed by atoms with Crippen molar-refractivity contribution in [2.75, 3.05) is 19.3 Å². The molecule has 0 fully saturated rings. The van der Waals surface area contributed by atoms with Gasteiger partial charge in [0.15, 0.2) is 0 Å². The second-order valence-electron chi connectivity index (χ2n) is 4.24. The highest BCUT2D eigenvalue weighted by Gasteiger charge is 2.02. The number of thioether (sulfide) groups is 1. The van der Waals surface area contributed by atoms with Crippen LogP contribution in [-0.2, 0) is 4.79 Å². The molecule has 0 heterocycles. The van der Waals surface area contributed by atoms with Crippen LogP contribution in [0, 0.1) is 0 Å². The molecule has 6 heteroatoms. The Kier molecular flexibility index (Phi) is 10.6. The van der Waals surface area contributed by atoms with Gasteiger partial charge in [0.2, 0.25) is 0 Å². The molecule has 0 aliphatic rings. The van der Waals surface area contributed by atoms with Gasteiger partial charge in [-0.15, -0.1) is 0 Å². The first-order valence-electron chi connectivity index (χ1n) is 6.32. The molecule has 0 aliphatic heterocycles. The third kappa shape index (κ3) is 11.6. The second-order valence-corrected chi connectivity index (χ2v) is 5.52. The summed E-state index contributed by atoms with van der Waals surface area (Å²) in [6.07, 6.45) is 5.72. The van der Waals surface area contributed by atoms with Crippen LogP contribution in [-0.4, -0.2) is 41.7 Å². The molecule has 0 bridgehead atoms. The maximum atomic E-state index is 11.3. The Hall–Kier alpha value is -0.910. The molecule has 1 atom stereocenters. The van der Waals surface area contributed by atoms with Gasteiger partial charge in [0.05, 0.1) is 0 Å². The molecular formula is C12H24N2O3S. The number of hydrogen-bond acceptors (Lipinski definition) is 3. The lowest BCUT2D eigenvalue weighted by Crippen LogP contribution is -2.38. The van der Waals surface area contributed by atoms with Gasteiger partial charge in [-0.1, -0.05) is 19.8 Å². The average Bonchev–Trinajstić information content (AvgIpc) is 2.34. The van der Waals surface area contributed by atoms with E-state index in [1.165, 1.54) is 0 Å². The summed E-state index contributed by atoms with van der Waals surface area (Å²) in [6, 6.07) is -0.124. The number of amides is 2. The van der Waals surface area contributed by atoms with Crippen molar-refractivity contribution < 1.29 is 14.7 Å². The van der Waals surface area contributed by atoms with Crippen molar-refractivity contribution in [1.29, 1.82) is 0 Å². The van der Waals surface area contributed by atoms with E-state index in [0.29, 0.717) is 24.8 Å². The van der Waals surface area contributed by atoms with E-state index >= 15 is 0 Å². The van der Waals surface area contributed by atoms with E-state index in [2.05, 4.69) is 17.6 Å². The molecule has 106 valence electrons. The van der Waals surface area contributed by atoms with Crippen LogP contribution in [0.15, 0.2) is 0 Å². The minimum Gasteiger partial charge on any atom is -0.481 e. The van der Waals surface area contributed by atoms with E-state index in [0.717, 1.165) is 19.3 Å². The number of nitrogens with one attached hydrogen (secondary N) is 2. The van der Waals surface area contributed by atoms with E-state index in [1.807, 2.05) is 6.26 Å². The Morgan fingerprint density at radius 3 is 2.44 bits per heavy atom. The minimum absolute atomic E-state index is 0.124. The smallest absolute Gasteiger partial charge is 0.314 e. The Morgan fingerprint density at radius 2 is 1.83 bits per heavy atom.